The fourth-order valence-corrected chi connectivity index (χ4v) is 4.81. The predicted molar refractivity (Wildman–Crippen MR) is 110 cm³/mol. The fraction of sp³-hybridized carbons (Fsp3) is 0.143. The first-order chi connectivity index (χ1) is 13.4. The van der Waals surface area contributed by atoms with E-state index in [2.05, 4.69) is 10.1 Å². The van der Waals surface area contributed by atoms with Crippen LogP contribution < -0.4 is 0 Å². The van der Waals surface area contributed by atoms with E-state index in [0.29, 0.717) is 10.7 Å². The van der Waals surface area contributed by atoms with Gasteiger partial charge < -0.3 is 0 Å². The molecule has 0 radical (unpaired) electrons. The third-order valence-corrected chi connectivity index (χ3v) is 6.78. The summed E-state index contributed by atoms with van der Waals surface area (Å²) in [6.07, 6.45) is 2.88. The standard InChI is InChI=1S/C21H18ClN3O2S/c1-21(17-6-3-2-4-7-17)15-25(28(26,27)19-8-5-13-23-14-19)24-20(21)16-9-11-18(22)12-10-16/h2-14H,15H2,1H3. The van der Waals surface area contributed by atoms with E-state index in [1.165, 1.54) is 16.7 Å². The molecule has 4 rings (SSSR count). The van der Waals surface area contributed by atoms with Crippen LogP contribution in [0.5, 0.6) is 0 Å². The molecule has 0 N–H and O–H groups in total. The number of hydrogen-bond donors (Lipinski definition) is 0. The molecular weight excluding hydrogens is 394 g/mol. The molecular formula is C21H18ClN3O2S. The van der Waals surface area contributed by atoms with Crippen molar-refractivity contribution in [3.05, 3.63) is 95.3 Å². The Kier molecular flexibility index (Phi) is 4.69. The van der Waals surface area contributed by atoms with Gasteiger partial charge in [-0.25, -0.2) is 0 Å². The van der Waals surface area contributed by atoms with Crippen LogP contribution >= 0.6 is 11.6 Å². The lowest BCUT2D eigenvalue weighted by atomic mass is 9.76. The predicted octanol–water partition coefficient (Wildman–Crippen LogP) is 4.10. The van der Waals surface area contributed by atoms with Crippen molar-refractivity contribution < 1.29 is 8.42 Å². The van der Waals surface area contributed by atoms with Crippen LogP contribution in [-0.4, -0.2) is 30.1 Å². The van der Waals surface area contributed by atoms with Crippen LogP contribution in [0.3, 0.4) is 0 Å². The Morgan fingerprint density at radius 2 is 1.71 bits per heavy atom. The number of rotatable bonds is 4. The summed E-state index contributed by atoms with van der Waals surface area (Å²) in [5, 5.41) is 5.17. The van der Waals surface area contributed by atoms with Gasteiger partial charge in [-0.3, -0.25) is 4.98 Å². The van der Waals surface area contributed by atoms with E-state index in [1.807, 2.05) is 49.4 Å². The van der Waals surface area contributed by atoms with E-state index in [9.17, 15) is 8.42 Å². The minimum Gasteiger partial charge on any atom is -0.263 e. The van der Waals surface area contributed by atoms with E-state index >= 15 is 0 Å². The molecule has 1 unspecified atom stereocenters. The highest BCUT2D eigenvalue weighted by Crippen LogP contribution is 2.37. The highest BCUT2D eigenvalue weighted by Gasteiger charge is 2.44. The molecule has 3 aromatic rings. The SMILES string of the molecule is CC1(c2ccccc2)CN(S(=O)(=O)c2cccnc2)N=C1c1ccc(Cl)cc1. The number of hydrazone groups is 1. The molecule has 2 heterocycles. The Morgan fingerprint density at radius 1 is 1.00 bits per heavy atom. The van der Waals surface area contributed by atoms with E-state index in [4.69, 9.17) is 11.6 Å². The summed E-state index contributed by atoms with van der Waals surface area (Å²) in [6.45, 7) is 2.21. The van der Waals surface area contributed by atoms with Crippen molar-refractivity contribution in [3.63, 3.8) is 0 Å². The third-order valence-electron chi connectivity index (χ3n) is 4.92. The van der Waals surface area contributed by atoms with Crippen LogP contribution in [0, 0.1) is 0 Å². The number of sulfonamides is 1. The summed E-state index contributed by atoms with van der Waals surface area (Å²) in [6, 6.07) is 20.2. The number of benzene rings is 2. The van der Waals surface area contributed by atoms with Crippen molar-refractivity contribution in [2.45, 2.75) is 17.2 Å². The zero-order valence-electron chi connectivity index (χ0n) is 15.2. The van der Waals surface area contributed by atoms with Gasteiger partial charge in [-0.05, 0) is 42.3 Å². The molecule has 0 amide bonds. The van der Waals surface area contributed by atoms with Crippen LogP contribution in [0.2, 0.25) is 5.02 Å². The van der Waals surface area contributed by atoms with Gasteiger partial charge in [0.05, 0.1) is 17.7 Å². The first-order valence-corrected chi connectivity index (χ1v) is 10.6. The minimum atomic E-state index is -3.81. The van der Waals surface area contributed by atoms with Crippen molar-refractivity contribution in [1.29, 1.82) is 0 Å². The molecule has 0 bridgehead atoms. The normalized spacial score (nSPS) is 19.5. The molecule has 1 atom stereocenters. The van der Waals surface area contributed by atoms with E-state index in [1.54, 1.807) is 24.4 Å². The maximum absolute atomic E-state index is 13.1. The Morgan fingerprint density at radius 3 is 2.36 bits per heavy atom. The maximum atomic E-state index is 13.1. The Balaban J connectivity index is 1.85. The molecule has 5 nitrogen and oxygen atoms in total. The summed E-state index contributed by atoms with van der Waals surface area (Å²) < 4.78 is 27.5. The van der Waals surface area contributed by atoms with Gasteiger partial charge in [-0.1, -0.05) is 54.1 Å². The first-order valence-electron chi connectivity index (χ1n) is 8.74. The average Bonchev–Trinajstić information content (AvgIpc) is 3.09. The topological polar surface area (TPSA) is 62.6 Å². The number of pyridine rings is 1. The van der Waals surface area contributed by atoms with Crippen molar-refractivity contribution in [3.8, 4) is 0 Å². The molecule has 0 saturated heterocycles. The highest BCUT2D eigenvalue weighted by molar-refractivity contribution is 7.89. The second-order valence-corrected chi connectivity index (χ2v) is 9.11. The Bertz CT molecular complexity index is 1120. The van der Waals surface area contributed by atoms with E-state index in [-0.39, 0.29) is 11.4 Å². The van der Waals surface area contributed by atoms with Gasteiger partial charge in [-0.2, -0.15) is 17.9 Å². The van der Waals surface area contributed by atoms with Crippen molar-refractivity contribution in [1.82, 2.24) is 9.40 Å². The van der Waals surface area contributed by atoms with Crippen molar-refractivity contribution in [2.75, 3.05) is 6.54 Å². The van der Waals surface area contributed by atoms with Gasteiger partial charge in [-0.15, -0.1) is 0 Å². The van der Waals surface area contributed by atoms with Gasteiger partial charge in [0.1, 0.15) is 4.90 Å². The zero-order valence-corrected chi connectivity index (χ0v) is 16.7. The fourth-order valence-electron chi connectivity index (χ4n) is 3.38. The molecule has 0 fully saturated rings. The maximum Gasteiger partial charge on any atom is 0.280 e. The minimum absolute atomic E-state index is 0.117. The zero-order chi connectivity index (χ0) is 19.8. The summed E-state index contributed by atoms with van der Waals surface area (Å²) >= 11 is 6.03. The smallest absolute Gasteiger partial charge is 0.263 e. The van der Waals surface area contributed by atoms with Crippen LogP contribution in [0.25, 0.3) is 0 Å². The summed E-state index contributed by atoms with van der Waals surface area (Å²) in [4.78, 5) is 4.05. The van der Waals surface area contributed by atoms with Gasteiger partial charge in [0.2, 0.25) is 0 Å². The Hall–Kier alpha value is -2.70. The lowest BCUT2D eigenvalue weighted by Gasteiger charge is -2.27. The van der Waals surface area contributed by atoms with Gasteiger partial charge in [0, 0.05) is 17.4 Å². The quantitative estimate of drug-likeness (QED) is 0.649. The molecule has 1 aliphatic rings. The largest absolute Gasteiger partial charge is 0.280 e. The van der Waals surface area contributed by atoms with Gasteiger partial charge in [0.15, 0.2) is 0 Å². The molecule has 28 heavy (non-hydrogen) atoms. The lowest BCUT2D eigenvalue weighted by Crippen LogP contribution is -2.37. The lowest BCUT2D eigenvalue weighted by molar-refractivity contribution is 0.418. The van der Waals surface area contributed by atoms with Crippen LogP contribution in [0.15, 0.2) is 89.1 Å². The van der Waals surface area contributed by atoms with Crippen molar-refractivity contribution in [2.24, 2.45) is 5.10 Å². The van der Waals surface area contributed by atoms with E-state index < -0.39 is 15.4 Å². The molecule has 1 aromatic heterocycles. The molecule has 1 aliphatic heterocycles. The molecule has 0 aliphatic carbocycles. The van der Waals surface area contributed by atoms with Crippen LogP contribution in [0.4, 0.5) is 0 Å². The summed E-state index contributed by atoms with van der Waals surface area (Å²) in [5.74, 6) is 0. The monoisotopic (exact) mass is 411 g/mol. The average molecular weight is 412 g/mol. The van der Waals surface area contributed by atoms with Gasteiger partial charge in [0.25, 0.3) is 10.0 Å². The molecule has 2 aromatic carbocycles. The number of halogens is 1. The van der Waals surface area contributed by atoms with Crippen molar-refractivity contribution >= 4 is 27.3 Å². The summed E-state index contributed by atoms with van der Waals surface area (Å²) in [7, 11) is -3.81. The second kappa shape index (κ2) is 7.04. The summed E-state index contributed by atoms with van der Waals surface area (Å²) in [5.41, 5.74) is 1.90. The Labute approximate surface area is 169 Å². The first kappa shape index (κ1) is 18.7. The molecule has 142 valence electrons. The number of aromatic nitrogens is 1. The second-order valence-electron chi connectivity index (χ2n) is 6.83. The molecule has 0 saturated carbocycles. The third kappa shape index (κ3) is 3.19. The molecule has 7 heteroatoms. The number of hydrogen-bond acceptors (Lipinski definition) is 4. The van der Waals surface area contributed by atoms with E-state index in [0.717, 1.165) is 11.1 Å². The van der Waals surface area contributed by atoms with Crippen LogP contribution in [-0.2, 0) is 15.4 Å². The molecule has 0 spiro atoms. The van der Waals surface area contributed by atoms with Crippen LogP contribution in [0.1, 0.15) is 18.1 Å². The highest BCUT2D eigenvalue weighted by atomic mass is 35.5. The van der Waals surface area contributed by atoms with Gasteiger partial charge >= 0.3 is 0 Å². The number of nitrogens with zero attached hydrogens (tertiary/aromatic N) is 3.